The fourth-order valence-electron chi connectivity index (χ4n) is 5.17. The molecule has 0 aromatic carbocycles. The van der Waals surface area contributed by atoms with Crippen LogP contribution in [0.15, 0.2) is 0 Å². The van der Waals surface area contributed by atoms with Crippen LogP contribution in [0.4, 0.5) is 0 Å². The van der Waals surface area contributed by atoms with E-state index in [0.717, 1.165) is 25.7 Å². The van der Waals surface area contributed by atoms with Crippen LogP contribution in [0, 0.1) is 22.7 Å². The van der Waals surface area contributed by atoms with Gasteiger partial charge in [0, 0.05) is 31.6 Å². The van der Waals surface area contributed by atoms with E-state index in [4.69, 9.17) is 14.6 Å². The smallest absolute Gasteiger partial charge is 0.306 e. The fraction of sp³-hybridized carbons (Fsp3) is 0.840. The number of hydrogen-bond acceptors (Lipinski definition) is 7. The van der Waals surface area contributed by atoms with Gasteiger partial charge >= 0.3 is 11.9 Å². The summed E-state index contributed by atoms with van der Waals surface area (Å²) < 4.78 is 9.96. The Balaban J connectivity index is 2.61. The lowest BCUT2D eigenvalue weighted by Crippen LogP contribution is -2.47. The number of Topliss-reactive ketones (excluding diaryl/α,β-unsaturated/α-hetero) is 2. The second-order valence-corrected chi connectivity index (χ2v) is 10.4. The zero-order valence-corrected chi connectivity index (χ0v) is 20.7. The Labute approximate surface area is 192 Å². The highest BCUT2D eigenvalue weighted by molar-refractivity contribution is 5.85. The molecule has 1 fully saturated rings. The average Bonchev–Trinajstić information content (AvgIpc) is 2.67. The van der Waals surface area contributed by atoms with Crippen molar-refractivity contribution in [3.63, 3.8) is 0 Å². The van der Waals surface area contributed by atoms with Gasteiger partial charge in [-0.25, -0.2) is 0 Å². The highest BCUT2D eigenvalue weighted by Crippen LogP contribution is 2.54. The summed E-state index contributed by atoms with van der Waals surface area (Å²) >= 11 is 0. The van der Waals surface area contributed by atoms with Gasteiger partial charge in [0.2, 0.25) is 0 Å². The Morgan fingerprint density at radius 2 is 1.72 bits per heavy atom. The number of rotatable bonds is 13. The zero-order valence-electron chi connectivity index (χ0n) is 20.7. The fourth-order valence-corrected chi connectivity index (χ4v) is 5.17. The van der Waals surface area contributed by atoms with E-state index in [1.165, 1.54) is 6.92 Å². The van der Waals surface area contributed by atoms with Crippen LogP contribution in [-0.4, -0.2) is 47.9 Å². The standard InChI is InChI=1S/C25H42O7/c1-17(14-23(30)31-16-20(15-26)32-19(3)28)8-11-22(29)25(6)13-7-12-24(4,5)21(25)10-9-18(2)27/h17,20-21,26H,7-16H2,1-6H3/t17-,20+,21-,25-/m1/s1. The molecule has 1 aliphatic carbocycles. The first-order valence-corrected chi connectivity index (χ1v) is 11.8. The predicted molar refractivity (Wildman–Crippen MR) is 121 cm³/mol. The van der Waals surface area contributed by atoms with E-state index < -0.39 is 30.1 Å². The first-order valence-electron chi connectivity index (χ1n) is 11.8. The summed E-state index contributed by atoms with van der Waals surface area (Å²) in [4.78, 5) is 48.0. The number of hydrogen-bond donors (Lipinski definition) is 1. The third kappa shape index (κ3) is 8.64. The number of aliphatic hydroxyl groups is 1. The van der Waals surface area contributed by atoms with Gasteiger partial charge < -0.3 is 19.4 Å². The number of aliphatic hydroxyl groups excluding tert-OH is 1. The molecule has 4 atom stereocenters. The summed E-state index contributed by atoms with van der Waals surface area (Å²) in [5.74, 6) is -0.492. The maximum absolute atomic E-state index is 13.3. The lowest BCUT2D eigenvalue weighted by Gasteiger charge is -2.50. The van der Waals surface area contributed by atoms with E-state index in [-0.39, 0.29) is 41.8 Å². The second kappa shape index (κ2) is 12.5. The first-order chi connectivity index (χ1) is 14.8. The van der Waals surface area contributed by atoms with Crippen LogP contribution in [0.5, 0.6) is 0 Å². The van der Waals surface area contributed by atoms with Gasteiger partial charge in [0.25, 0.3) is 0 Å². The van der Waals surface area contributed by atoms with Gasteiger partial charge in [0.05, 0.1) is 6.61 Å². The van der Waals surface area contributed by atoms with Crippen molar-refractivity contribution in [3.05, 3.63) is 0 Å². The number of ether oxygens (including phenoxy) is 2. The molecule has 0 heterocycles. The number of ketones is 2. The molecule has 7 nitrogen and oxygen atoms in total. The minimum Gasteiger partial charge on any atom is -0.462 e. The second-order valence-electron chi connectivity index (χ2n) is 10.4. The lowest BCUT2D eigenvalue weighted by atomic mass is 9.53. The Bertz CT molecular complexity index is 669. The van der Waals surface area contributed by atoms with Gasteiger partial charge in [0.1, 0.15) is 18.2 Å². The van der Waals surface area contributed by atoms with Crippen LogP contribution in [0.3, 0.4) is 0 Å². The number of esters is 2. The van der Waals surface area contributed by atoms with Crippen LogP contribution >= 0.6 is 0 Å². The number of carbonyl (C=O) groups excluding carboxylic acids is 4. The van der Waals surface area contributed by atoms with Crippen molar-refractivity contribution in [3.8, 4) is 0 Å². The average molecular weight is 455 g/mol. The molecule has 0 radical (unpaired) electrons. The van der Waals surface area contributed by atoms with Crippen molar-refractivity contribution in [1.29, 1.82) is 0 Å². The summed E-state index contributed by atoms with van der Waals surface area (Å²) in [6.45, 7) is 10.6. The number of carbonyl (C=O) groups is 4. The molecule has 0 spiro atoms. The van der Waals surface area contributed by atoms with Crippen LogP contribution < -0.4 is 0 Å². The molecular weight excluding hydrogens is 412 g/mol. The van der Waals surface area contributed by atoms with E-state index in [0.29, 0.717) is 19.3 Å². The van der Waals surface area contributed by atoms with E-state index in [1.54, 1.807) is 6.92 Å². The molecule has 0 bridgehead atoms. The summed E-state index contributed by atoms with van der Waals surface area (Å²) in [6.07, 6.45) is 4.40. The first kappa shape index (κ1) is 28.3. The molecule has 1 N–H and O–H groups in total. The highest BCUT2D eigenvalue weighted by Gasteiger charge is 2.49. The summed E-state index contributed by atoms with van der Waals surface area (Å²) in [6, 6.07) is 0. The van der Waals surface area contributed by atoms with E-state index in [9.17, 15) is 19.2 Å². The van der Waals surface area contributed by atoms with Gasteiger partial charge in [-0.05, 0) is 49.9 Å². The van der Waals surface area contributed by atoms with E-state index in [2.05, 4.69) is 20.8 Å². The normalized spacial score (nSPS) is 24.3. The molecule has 0 aromatic heterocycles. The van der Waals surface area contributed by atoms with Crippen molar-refractivity contribution in [2.45, 2.75) is 99.0 Å². The predicted octanol–water partition coefficient (Wildman–Crippen LogP) is 4.03. The monoisotopic (exact) mass is 454 g/mol. The van der Waals surface area contributed by atoms with Gasteiger partial charge in [0.15, 0.2) is 6.10 Å². The summed E-state index contributed by atoms with van der Waals surface area (Å²) in [5, 5.41) is 9.17. The molecule has 0 aliphatic heterocycles. The van der Waals surface area contributed by atoms with E-state index in [1.807, 2.05) is 6.92 Å². The topological polar surface area (TPSA) is 107 Å². The molecular formula is C25H42O7. The molecule has 1 rings (SSSR count). The largest absolute Gasteiger partial charge is 0.462 e. The van der Waals surface area contributed by atoms with Gasteiger partial charge in [-0.15, -0.1) is 0 Å². The Morgan fingerprint density at radius 1 is 1.06 bits per heavy atom. The Hall–Kier alpha value is -1.76. The third-order valence-electron chi connectivity index (χ3n) is 7.00. The van der Waals surface area contributed by atoms with Crippen LogP contribution in [0.25, 0.3) is 0 Å². The molecule has 0 aromatic rings. The van der Waals surface area contributed by atoms with Crippen molar-refractivity contribution >= 4 is 23.5 Å². The van der Waals surface area contributed by atoms with Gasteiger partial charge in [-0.1, -0.05) is 34.1 Å². The van der Waals surface area contributed by atoms with Crippen LogP contribution in [0.1, 0.15) is 92.9 Å². The lowest BCUT2D eigenvalue weighted by molar-refractivity contribution is -0.160. The molecule has 0 unspecified atom stereocenters. The molecule has 1 saturated carbocycles. The molecule has 184 valence electrons. The third-order valence-corrected chi connectivity index (χ3v) is 7.00. The minimum absolute atomic E-state index is 0.0126. The summed E-state index contributed by atoms with van der Waals surface area (Å²) in [7, 11) is 0. The van der Waals surface area contributed by atoms with Crippen molar-refractivity contribution in [2.24, 2.45) is 22.7 Å². The van der Waals surface area contributed by atoms with Crippen molar-refractivity contribution < 1.29 is 33.8 Å². The SMILES string of the molecule is CC(=O)CC[C@@H]1C(C)(C)CCC[C@@]1(C)C(=O)CC[C@@H](C)CC(=O)OC[C@H](CO)OC(C)=O. The molecule has 1 aliphatic rings. The zero-order chi connectivity index (χ0) is 24.5. The molecule has 32 heavy (non-hydrogen) atoms. The molecule has 7 heteroatoms. The quantitative estimate of drug-likeness (QED) is 0.419. The Kier molecular flexibility index (Phi) is 11.0. The van der Waals surface area contributed by atoms with Crippen LogP contribution in [0.2, 0.25) is 0 Å². The van der Waals surface area contributed by atoms with Gasteiger partial charge in [-0.2, -0.15) is 0 Å². The Morgan fingerprint density at radius 3 is 2.28 bits per heavy atom. The van der Waals surface area contributed by atoms with E-state index >= 15 is 0 Å². The van der Waals surface area contributed by atoms with Crippen molar-refractivity contribution in [1.82, 2.24) is 0 Å². The minimum atomic E-state index is -0.866. The van der Waals surface area contributed by atoms with Gasteiger partial charge in [-0.3, -0.25) is 14.4 Å². The van der Waals surface area contributed by atoms with Crippen LogP contribution in [-0.2, 0) is 28.7 Å². The van der Waals surface area contributed by atoms with Crippen molar-refractivity contribution in [2.75, 3.05) is 13.2 Å². The maximum Gasteiger partial charge on any atom is 0.306 e. The molecule has 0 amide bonds. The highest BCUT2D eigenvalue weighted by atomic mass is 16.6. The maximum atomic E-state index is 13.3. The summed E-state index contributed by atoms with van der Waals surface area (Å²) in [5.41, 5.74) is -0.436. The molecule has 0 saturated heterocycles.